The first-order valence-corrected chi connectivity index (χ1v) is 23.3. The maximum Gasteiger partial charge on any atom is 0.135 e. The van der Waals surface area contributed by atoms with Gasteiger partial charge < -0.3 is 18.6 Å². The molecule has 12 aromatic rings. The Hall–Kier alpha value is -8.60. The lowest BCUT2D eigenvalue weighted by Crippen LogP contribution is -2.12. The van der Waals surface area contributed by atoms with Crippen LogP contribution in [0.25, 0.3) is 77.3 Å². The molecule has 0 N–H and O–H groups in total. The minimum absolute atomic E-state index is 0.906. The zero-order chi connectivity index (χ0) is 45.9. The van der Waals surface area contributed by atoms with Crippen LogP contribution in [0.2, 0.25) is 0 Å². The second-order valence-corrected chi connectivity index (χ2v) is 18.0. The molecule has 2 aromatic heterocycles. The summed E-state index contributed by atoms with van der Waals surface area (Å²) in [6, 6.07) is 78.4. The van der Waals surface area contributed by atoms with Gasteiger partial charge in [-0.2, -0.15) is 0 Å². The predicted molar refractivity (Wildman–Crippen MR) is 286 cm³/mol. The third-order valence-electron chi connectivity index (χ3n) is 13.6. The first kappa shape index (κ1) is 40.9. The maximum absolute atomic E-state index is 6.13. The summed E-state index contributed by atoms with van der Waals surface area (Å²) >= 11 is 0. The minimum Gasteiger partial charge on any atom is -0.456 e. The van der Waals surface area contributed by atoms with Crippen LogP contribution in [0, 0.1) is 27.7 Å². The molecule has 0 amide bonds. The summed E-state index contributed by atoms with van der Waals surface area (Å²) in [5.41, 5.74) is 22.3. The molecule has 0 saturated heterocycles. The number of rotatable bonds is 9. The number of furan rings is 2. The van der Waals surface area contributed by atoms with Gasteiger partial charge in [0.05, 0.1) is 0 Å². The van der Waals surface area contributed by atoms with Gasteiger partial charge in [-0.1, -0.05) is 121 Å². The SMILES string of the molecule is Cc1cc(N(c2ccc(-c3ccc4oc5ccccc5c4c3)cc2)c2ccccc2C)ccc1-c1ccc(N(c2ccc(-c3ccc4oc5ccccc5c4c3)cc2)c2ccccc2C)cc1C. The number of hydrogen-bond donors (Lipinski definition) is 0. The fourth-order valence-electron chi connectivity index (χ4n) is 10.1. The van der Waals surface area contributed by atoms with Crippen LogP contribution in [0.3, 0.4) is 0 Å². The largest absolute Gasteiger partial charge is 0.456 e. The minimum atomic E-state index is 0.906. The molecule has 0 radical (unpaired) electrons. The molecule has 0 aliphatic carbocycles. The van der Waals surface area contributed by atoms with E-state index in [0.29, 0.717) is 0 Å². The average molecular weight is 877 g/mol. The van der Waals surface area contributed by atoms with Crippen LogP contribution in [0.15, 0.2) is 227 Å². The van der Waals surface area contributed by atoms with Crippen molar-refractivity contribution in [3.05, 3.63) is 241 Å². The van der Waals surface area contributed by atoms with Crippen molar-refractivity contribution in [1.29, 1.82) is 0 Å². The van der Waals surface area contributed by atoms with E-state index >= 15 is 0 Å². The van der Waals surface area contributed by atoms with Gasteiger partial charge in [0.15, 0.2) is 0 Å². The zero-order valence-electron chi connectivity index (χ0n) is 38.5. The number of nitrogens with zero attached hydrogens (tertiary/aromatic N) is 2. The van der Waals surface area contributed by atoms with E-state index in [0.717, 1.165) is 100 Å². The highest BCUT2D eigenvalue weighted by Gasteiger charge is 2.20. The summed E-state index contributed by atoms with van der Waals surface area (Å²) in [7, 11) is 0. The molecular weight excluding hydrogens is 829 g/mol. The fraction of sp³-hybridized carbons (Fsp3) is 0.0625. The number of hydrogen-bond acceptors (Lipinski definition) is 4. The van der Waals surface area contributed by atoms with Crippen LogP contribution in [0.5, 0.6) is 0 Å². The number of fused-ring (bicyclic) bond motifs is 6. The molecule has 0 aliphatic rings. The van der Waals surface area contributed by atoms with Crippen molar-refractivity contribution in [1.82, 2.24) is 0 Å². The highest BCUT2D eigenvalue weighted by molar-refractivity contribution is 6.07. The lowest BCUT2D eigenvalue weighted by Gasteiger charge is -2.29. The summed E-state index contributed by atoms with van der Waals surface area (Å²) in [6.07, 6.45) is 0. The van der Waals surface area contributed by atoms with E-state index in [1.54, 1.807) is 0 Å². The van der Waals surface area contributed by atoms with E-state index in [2.05, 4.69) is 232 Å². The van der Waals surface area contributed by atoms with Crippen molar-refractivity contribution in [2.24, 2.45) is 0 Å². The molecule has 0 unspecified atom stereocenters. The molecule has 12 rings (SSSR count). The Kier molecular flexibility index (Phi) is 10.0. The third-order valence-corrected chi connectivity index (χ3v) is 13.6. The molecule has 4 heteroatoms. The van der Waals surface area contributed by atoms with E-state index in [4.69, 9.17) is 8.83 Å². The first-order valence-electron chi connectivity index (χ1n) is 23.3. The third kappa shape index (κ3) is 7.19. The normalized spacial score (nSPS) is 11.5. The first-order chi connectivity index (χ1) is 33.3. The van der Waals surface area contributed by atoms with Gasteiger partial charge in [0.25, 0.3) is 0 Å². The topological polar surface area (TPSA) is 32.8 Å². The van der Waals surface area contributed by atoms with Crippen molar-refractivity contribution >= 4 is 78.0 Å². The van der Waals surface area contributed by atoms with Gasteiger partial charge in [0.1, 0.15) is 22.3 Å². The summed E-state index contributed by atoms with van der Waals surface area (Å²) in [4.78, 5) is 4.75. The summed E-state index contributed by atoms with van der Waals surface area (Å²) in [6.45, 7) is 8.83. The van der Waals surface area contributed by atoms with E-state index in [1.807, 2.05) is 24.3 Å². The molecule has 0 atom stereocenters. The molecule has 10 aromatic carbocycles. The van der Waals surface area contributed by atoms with E-state index in [1.165, 1.54) is 33.4 Å². The molecular formula is C64H48N2O2. The zero-order valence-corrected chi connectivity index (χ0v) is 38.5. The monoisotopic (exact) mass is 876 g/mol. The van der Waals surface area contributed by atoms with Gasteiger partial charge >= 0.3 is 0 Å². The van der Waals surface area contributed by atoms with Crippen LogP contribution < -0.4 is 9.80 Å². The summed E-state index contributed by atoms with van der Waals surface area (Å²) in [5.74, 6) is 0. The van der Waals surface area contributed by atoms with Crippen molar-refractivity contribution in [2.45, 2.75) is 27.7 Å². The van der Waals surface area contributed by atoms with Crippen LogP contribution in [-0.4, -0.2) is 0 Å². The number of benzene rings is 10. The second kappa shape index (κ2) is 16.7. The van der Waals surface area contributed by atoms with Gasteiger partial charge in [-0.3, -0.25) is 0 Å². The molecule has 0 fully saturated rings. The average Bonchev–Trinajstić information content (AvgIpc) is 3.94. The summed E-state index contributed by atoms with van der Waals surface area (Å²) < 4.78 is 12.3. The van der Waals surface area contributed by atoms with Crippen molar-refractivity contribution < 1.29 is 8.83 Å². The number of para-hydroxylation sites is 4. The molecule has 326 valence electrons. The molecule has 68 heavy (non-hydrogen) atoms. The molecule has 0 aliphatic heterocycles. The Morgan fingerprint density at radius 3 is 1.03 bits per heavy atom. The summed E-state index contributed by atoms with van der Waals surface area (Å²) in [5, 5.41) is 4.54. The highest BCUT2D eigenvalue weighted by Crippen LogP contribution is 2.43. The fourth-order valence-corrected chi connectivity index (χ4v) is 10.1. The number of anilines is 6. The molecule has 0 spiro atoms. The highest BCUT2D eigenvalue weighted by atomic mass is 16.3. The molecule has 4 nitrogen and oxygen atoms in total. The number of aryl methyl sites for hydroxylation is 4. The van der Waals surface area contributed by atoms with Gasteiger partial charge in [0.2, 0.25) is 0 Å². The van der Waals surface area contributed by atoms with Crippen LogP contribution in [-0.2, 0) is 0 Å². The van der Waals surface area contributed by atoms with E-state index in [-0.39, 0.29) is 0 Å². The smallest absolute Gasteiger partial charge is 0.135 e. The lowest BCUT2D eigenvalue weighted by molar-refractivity contribution is 0.668. The quantitative estimate of drug-likeness (QED) is 0.145. The van der Waals surface area contributed by atoms with Gasteiger partial charge in [-0.25, -0.2) is 0 Å². The van der Waals surface area contributed by atoms with Gasteiger partial charge in [0, 0.05) is 55.7 Å². The van der Waals surface area contributed by atoms with E-state index < -0.39 is 0 Å². The standard InChI is InChI=1S/C64H48N2O2/c1-41-13-5-9-17-59(41)65(49-27-21-45(22-28-49)47-25-35-63-57(39-47)55-15-7-11-19-61(55)67-63)51-31-33-53(43(3)37-51)54-34-32-52(38-44(54)4)66(60-18-10-6-14-42(60)2)50-29-23-46(24-30-50)48-26-36-64-58(40-48)56-16-8-12-20-62(56)68-64/h5-40H,1-4H3. The van der Waals surface area contributed by atoms with Gasteiger partial charge in [-0.15, -0.1) is 0 Å². The van der Waals surface area contributed by atoms with Crippen LogP contribution in [0.1, 0.15) is 22.3 Å². The molecule has 0 saturated carbocycles. The maximum atomic E-state index is 6.13. The van der Waals surface area contributed by atoms with Crippen LogP contribution >= 0.6 is 0 Å². The lowest BCUT2D eigenvalue weighted by atomic mass is 9.95. The Labute approximate surface area is 396 Å². The predicted octanol–water partition coefficient (Wildman–Crippen LogP) is 18.7. The molecule has 2 heterocycles. The van der Waals surface area contributed by atoms with Crippen molar-refractivity contribution in [3.63, 3.8) is 0 Å². The Bertz CT molecular complexity index is 3600. The molecule has 0 bridgehead atoms. The Balaban J connectivity index is 0.864. The Morgan fingerprint density at radius 1 is 0.265 bits per heavy atom. The Morgan fingerprint density at radius 2 is 0.618 bits per heavy atom. The van der Waals surface area contributed by atoms with Crippen molar-refractivity contribution in [3.8, 4) is 33.4 Å². The second-order valence-electron chi connectivity index (χ2n) is 18.0. The van der Waals surface area contributed by atoms with Gasteiger partial charge in [-0.05, 0) is 180 Å². The van der Waals surface area contributed by atoms with Crippen molar-refractivity contribution in [2.75, 3.05) is 9.80 Å². The van der Waals surface area contributed by atoms with E-state index in [9.17, 15) is 0 Å². The van der Waals surface area contributed by atoms with Crippen LogP contribution in [0.4, 0.5) is 34.1 Å².